The number of aryl methyl sites for hydroxylation is 1. The number of H-pyrrole nitrogens is 1. The molecule has 0 saturated heterocycles. The summed E-state index contributed by atoms with van der Waals surface area (Å²) < 4.78 is 31.1. The van der Waals surface area contributed by atoms with Crippen LogP contribution in [0.3, 0.4) is 0 Å². The van der Waals surface area contributed by atoms with Crippen LogP contribution in [0.5, 0.6) is 5.75 Å². The monoisotopic (exact) mass is 295 g/mol. The van der Waals surface area contributed by atoms with E-state index in [4.69, 9.17) is 4.74 Å². The van der Waals surface area contributed by atoms with Crippen LogP contribution < -0.4 is 9.04 Å². The van der Waals surface area contributed by atoms with Crippen molar-refractivity contribution in [3.8, 4) is 5.75 Å². The highest BCUT2D eigenvalue weighted by atomic mass is 32.2. The molecule has 0 aliphatic heterocycles. The standard InChI is InChI=1S/C13H17N3O3S/c1-4-12-14-9-13(15-12)20(17,18)16(2)10-5-7-11(19-3)8-6-10/h5-9H,4H2,1-3H3,(H,14,15). The molecule has 1 aromatic carbocycles. The number of methoxy groups -OCH3 is 1. The van der Waals surface area contributed by atoms with E-state index in [0.717, 1.165) is 0 Å². The zero-order valence-corrected chi connectivity index (χ0v) is 12.4. The number of hydrogen-bond acceptors (Lipinski definition) is 4. The molecule has 7 heteroatoms. The summed E-state index contributed by atoms with van der Waals surface area (Å²) in [5, 5.41) is 0.0904. The molecule has 2 rings (SSSR count). The van der Waals surface area contributed by atoms with Crippen LogP contribution in [0.4, 0.5) is 5.69 Å². The van der Waals surface area contributed by atoms with Gasteiger partial charge in [0.15, 0.2) is 5.03 Å². The molecule has 0 bridgehead atoms. The van der Waals surface area contributed by atoms with Crippen molar-refractivity contribution in [3.63, 3.8) is 0 Å². The quantitative estimate of drug-likeness (QED) is 0.912. The number of aromatic amines is 1. The van der Waals surface area contributed by atoms with Gasteiger partial charge in [-0.3, -0.25) is 4.31 Å². The Hall–Kier alpha value is -2.02. The summed E-state index contributed by atoms with van der Waals surface area (Å²) in [6.45, 7) is 1.91. The fourth-order valence-corrected chi connectivity index (χ4v) is 2.86. The Balaban J connectivity index is 2.32. The molecular formula is C13H17N3O3S. The Morgan fingerprint density at radius 1 is 1.30 bits per heavy atom. The van der Waals surface area contributed by atoms with Crippen LogP contribution in [0, 0.1) is 0 Å². The van der Waals surface area contributed by atoms with E-state index in [-0.39, 0.29) is 5.03 Å². The summed E-state index contributed by atoms with van der Waals surface area (Å²) in [6, 6.07) is 6.80. The molecule has 0 atom stereocenters. The lowest BCUT2D eigenvalue weighted by atomic mass is 10.3. The number of hydrogen-bond donors (Lipinski definition) is 1. The van der Waals surface area contributed by atoms with Crippen LogP contribution >= 0.6 is 0 Å². The van der Waals surface area contributed by atoms with E-state index in [9.17, 15) is 8.42 Å². The Kier molecular flexibility index (Phi) is 3.99. The smallest absolute Gasteiger partial charge is 0.281 e. The van der Waals surface area contributed by atoms with Gasteiger partial charge >= 0.3 is 0 Å². The van der Waals surface area contributed by atoms with Gasteiger partial charge in [-0.05, 0) is 24.3 Å². The highest BCUT2D eigenvalue weighted by molar-refractivity contribution is 7.92. The molecule has 0 aliphatic carbocycles. The van der Waals surface area contributed by atoms with E-state index in [2.05, 4.69) is 9.97 Å². The van der Waals surface area contributed by atoms with Crippen molar-refractivity contribution in [3.05, 3.63) is 36.3 Å². The number of aromatic nitrogens is 2. The molecule has 0 saturated carbocycles. The molecule has 20 heavy (non-hydrogen) atoms. The highest BCUT2D eigenvalue weighted by Crippen LogP contribution is 2.23. The van der Waals surface area contributed by atoms with Crippen molar-refractivity contribution in [1.82, 2.24) is 9.97 Å². The van der Waals surface area contributed by atoms with Gasteiger partial charge in [0.1, 0.15) is 11.6 Å². The van der Waals surface area contributed by atoms with Crippen LogP contribution in [0.2, 0.25) is 0 Å². The molecule has 0 fully saturated rings. The number of anilines is 1. The maximum absolute atomic E-state index is 12.4. The molecule has 108 valence electrons. The number of benzene rings is 1. The fraction of sp³-hybridized carbons (Fsp3) is 0.308. The van der Waals surface area contributed by atoms with Crippen molar-refractivity contribution < 1.29 is 13.2 Å². The largest absolute Gasteiger partial charge is 0.497 e. The zero-order valence-electron chi connectivity index (χ0n) is 11.6. The molecule has 0 unspecified atom stereocenters. The maximum atomic E-state index is 12.4. The summed E-state index contributed by atoms with van der Waals surface area (Å²) in [5.74, 6) is 1.32. The first kappa shape index (κ1) is 14.4. The molecule has 0 spiro atoms. The second-order valence-electron chi connectivity index (χ2n) is 4.22. The Bertz CT molecular complexity index is 677. The van der Waals surface area contributed by atoms with Crippen molar-refractivity contribution in [2.24, 2.45) is 0 Å². The summed E-state index contributed by atoms with van der Waals surface area (Å²) in [4.78, 5) is 6.83. The van der Waals surface area contributed by atoms with E-state index in [0.29, 0.717) is 23.7 Å². The van der Waals surface area contributed by atoms with Gasteiger partial charge in [0.05, 0.1) is 19.0 Å². The fourth-order valence-electron chi connectivity index (χ4n) is 1.73. The lowest BCUT2D eigenvalue weighted by Crippen LogP contribution is -2.26. The van der Waals surface area contributed by atoms with Crippen LogP contribution in [-0.2, 0) is 16.4 Å². The summed E-state index contributed by atoms with van der Waals surface area (Å²) in [7, 11) is -0.561. The number of imidazole rings is 1. The minimum absolute atomic E-state index is 0.0904. The number of rotatable bonds is 5. The van der Waals surface area contributed by atoms with Gasteiger partial charge in [-0.1, -0.05) is 6.92 Å². The van der Waals surface area contributed by atoms with E-state index >= 15 is 0 Å². The summed E-state index contributed by atoms with van der Waals surface area (Å²) >= 11 is 0. The molecule has 6 nitrogen and oxygen atoms in total. The topological polar surface area (TPSA) is 75.3 Å². The number of ether oxygens (including phenoxy) is 1. The van der Waals surface area contributed by atoms with Gasteiger partial charge < -0.3 is 9.72 Å². The van der Waals surface area contributed by atoms with Gasteiger partial charge in [-0.25, -0.2) is 4.98 Å². The minimum atomic E-state index is -3.63. The molecule has 0 amide bonds. The first-order valence-corrected chi connectivity index (χ1v) is 7.60. The van der Waals surface area contributed by atoms with E-state index in [1.165, 1.54) is 17.5 Å². The lowest BCUT2D eigenvalue weighted by Gasteiger charge is -2.18. The second-order valence-corrected chi connectivity index (χ2v) is 6.16. The van der Waals surface area contributed by atoms with Gasteiger partial charge in [-0.2, -0.15) is 8.42 Å². The normalized spacial score (nSPS) is 11.3. The van der Waals surface area contributed by atoms with E-state index < -0.39 is 10.0 Å². The van der Waals surface area contributed by atoms with Crippen molar-refractivity contribution >= 4 is 15.7 Å². The van der Waals surface area contributed by atoms with Crippen LogP contribution in [0.15, 0.2) is 35.5 Å². The van der Waals surface area contributed by atoms with Crippen LogP contribution in [0.1, 0.15) is 12.7 Å². The van der Waals surface area contributed by atoms with Gasteiger partial charge in [0.2, 0.25) is 0 Å². The van der Waals surface area contributed by atoms with Crippen LogP contribution in [0.25, 0.3) is 0 Å². The summed E-state index contributed by atoms with van der Waals surface area (Å²) in [5.41, 5.74) is 0.554. The predicted molar refractivity (Wildman–Crippen MR) is 76.5 cm³/mol. The van der Waals surface area contributed by atoms with Gasteiger partial charge in [-0.15, -0.1) is 0 Å². The number of nitrogens with zero attached hydrogens (tertiary/aromatic N) is 2. The third-order valence-electron chi connectivity index (χ3n) is 3.01. The average Bonchev–Trinajstić information content (AvgIpc) is 2.96. The highest BCUT2D eigenvalue weighted by Gasteiger charge is 2.23. The number of nitrogens with one attached hydrogen (secondary N) is 1. The first-order valence-electron chi connectivity index (χ1n) is 6.16. The van der Waals surface area contributed by atoms with E-state index in [1.54, 1.807) is 31.4 Å². The van der Waals surface area contributed by atoms with Crippen molar-refractivity contribution in [2.45, 2.75) is 18.4 Å². The average molecular weight is 295 g/mol. The Morgan fingerprint density at radius 2 is 1.95 bits per heavy atom. The third-order valence-corrected chi connectivity index (χ3v) is 4.71. The molecule has 1 N–H and O–H groups in total. The Labute approximate surface area is 118 Å². The molecule has 1 aromatic heterocycles. The maximum Gasteiger partial charge on any atom is 0.281 e. The summed E-state index contributed by atoms with van der Waals surface area (Å²) in [6.07, 6.45) is 2.00. The minimum Gasteiger partial charge on any atom is -0.497 e. The molecular weight excluding hydrogens is 278 g/mol. The van der Waals surface area contributed by atoms with E-state index in [1.807, 2.05) is 6.92 Å². The zero-order chi connectivity index (χ0) is 14.8. The molecule has 1 heterocycles. The van der Waals surface area contributed by atoms with Crippen molar-refractivity contribution in [2.75, 3.05) is 18.5 Å². The molecule has 2 aromatic rings. The molecule has 0 radical (unpaired) electrons. The van der Waals surface area contributed by atoms with Crippen molar-refractivity contribution in [1.29, 1.82) is 0 Å². The van der Waals surface area contributed by atoms with Gasteiger partial charge in [0, 0.05) is 13.5 Å². The lowest BCUT2D eigenvalue weighted by molar-refractivity contribution is 0.415. The molecule has 0 aliphatic rings. The Morgan fingerprint density at radius 3 is 2.45 bits per heavy atom. The second kappa shape index (κ2) is 5.54. The van der Waals surface area contributed by atoms with Gasteiger partial charge in [0.25, 0.3) is 10.0 Å². The third kappa shape index (κ3) is 2.62. The SMILES string of the molecule is CCc1ncc(S(=O)(=O)N(C)c2ccc(OC)cc2)[nH]1. The number of sulfonamides is 1. The first-order chi connectivity index (χ1) is 9.48. The van der Waals surface area contributed by atoms with Crippen LogP contribution in [-0.4, -0.2) is 32.5 Å². The predicted octanol–water partition coefficient (Wildman–Crippen LogP) is 1.81.